The molecule has 15 heavy (non-hydrogen) atoms. The lowest BCUT2D eigenvalue weighted by atomic mass is 9.84. The molecule has 0 aliphatic rings. The van der Waals surface area contributed by atoms with Gasteiger partial charge in [0, 0.05) is 16.9 Å². The molecule has 2 nitrogen and oxygen atoms in total. The number of hydrogen-bond acceptors (Lipinski definition) is 3. The van der Waals surface area contributed by atoms with Gasteiger partial charge in [-0.1, -0.05) is 26.8 Å². The van der Waals surface area contributed by atoms with Gasteiger partial charge in [-0.15, -0.1) is 0 Å². The molecule has 80 valence electrons. The monoisotopic (exact) mass is 221 g/mol. The van der Waals surface area contributed by atoms with Crippen molar-refractivity contribution in [2.75, 3.05) is 7.11 Å². The Balaban J connectivity index is 3.17. The summed E-state index contributed by atoms with van der Waals surface area (Å²) >= 11 is 1.27. The molecule has 0 atom stereocenters. The Hall–Kier alpha value is -0.980. The molecular weight excluding hydrogens is 206 g/mol. The highest BCUT2D eigenvalue weighted by Gasteiger charge is 2.18. The Morgan fingerprint density at radius 3 is 2.47 bits per heavy atom. The Morgan fingerprint density at radius 2 is 2.00 bits per heavy atom. The topological polar surface area (TPSA) is 33.0 Å². The molecule has 0 bridgehead atoms. The minimum absolute atomic E-state index is 0.00132. The zero-order valence-electron chi connectivity index (χ0n) is 9.50. The molecule has 0 N–H and O–H groups in total. The van der Waals surface area contributed by atoms with Gasteiger partial charge in [0.15, 0.2) is 0 Å². The van der Waals surface area contributed by atoms with E-state index in [0.29, 0.717) is 0 Å². The van der Waals surface area contributed by atoms with Crippen molar-refractivity contribution in [1.29, 1.82) is 5.26 Å². The third kappa shape index (κ3) is 2.98. The van der Waals surface area contributed by atoms with Crippen molar-refractivity contribution < 1.29 is 4.18 Å². The van der Waals surface area contributed by atoms with Gasteiger partial charge in [-0.2, -0.15) is 5.26 Å². The molecule has 0 aliphatic carbocycles. The van der Waals surface area contributed by atoms with E-state index in [2.05, 4.69) is 26.8 Å². The second-order valence-corrected chi connectivity index (χ2v) is 5.29. The van der Waals surface area contributed by atoms with Gasteiger partial charge in [0.1, 0.15) is 0 Å². The van der Waals surface area contributed by atoms with Crippen LogP contribution in [0, 0.1) is 11.3 Å². The largest absolute Gasteiger partial charge is 0.314 e. The maximum atomic E-state index is 9.07. The van der Waals surface area contributed by atoms with E-state index in [9.17, 15) is 0 Å². The van der Waals surface area contributed by atoms with Crippen molar-refractivity contribution in [3.63, 3.8) is 0 Å². The highest BCUT2D eigenvalue weighted by Crippen LogP contribution is 2.29. The van der Waals surface area contributed by atoms with Gasteiger partial charge in [0.2, 0.25) is 0 Å². The predicted molar refractivity (Wildman–Crippen MR) is 62.7 cm³/mol. The lowest BCUT2D eigenvalue weighted by molar-refractivity contribution is 0.489. The quantitative estimate of drug-likeness (QED) is 0.716. The molecule has 0 aromatic heterocycles. The molecule has 0 fully saturated rings. The third-order valence-corrected chi connectivity index (χ3v) is 2.71. The Labute approximate surface area is 95.5 Å². The van der Waals surface area contributed by atoms with E-state index in [0.717, 1.165) is 16.0 Å². The highest BCUT2D eigenvalue weighted by atomic mass is 32.2. The molecule has 0 amide bonds. The normalized spacial score (nSPS) is 11.1. The van der Waals surface area contributed by atoms with Gasteiger partial charge >= 0.3 is 0 Å². The van der Waals surface area contributed by atoms with Crippen LogP contribution < -0.4 is 0 Å². The van der Waals surface area contributed by atoms with E-state index < -0.39 is 0 Å². The average molecular weight is 221 g/mol. The van der Waals surface area contributed by atoms with Crippen molar-refractivity contribution >= 4 is 12.0 Å². The molecular formula is C12H15NOS. The van der Waals surface area contributed by atoms with E-state index >= 15 is 0 Å². The zero-order valence-corrected chi connectivity index (χ0v) is 10.3. The SMILES string of the molecule is COSc1ccc(C(C)(C)C)c(C#N)c1. The standard InChI is InChI=1S/C12H15NOS/c1-12(2,3)11-6-5-10(15-14-4)7-9(11)8-13/h5-7H,1-4H3. The minimum atomic E-state index is 0.00132. The molecule has 3 heteroatoms. The maximum Gasteiger partial charge on any atom is 0.0995 e. The van der Waals surface area contributed by atoms with Gasteiger partial charge in [-0.05, 0) is 23.1 Å². The van der Waals surface area contributed by atoms with Gasteiger partial charge in [-0.25, -0.2) is 0 Å². The van der Waals surface area contributed by atoms with Gasteiger partial charge < -0.3 is 4.18 Å². The number of rotatable bonds is 2. The van der Waals surface area contributed by atoms with E-state index in [1.54, 1.807) is 7.11 Å². The molecule has 0 spiro atoms. The number of benzene rings is 1. The Morgan fingerprint density at radius 1 is 1.33 bits per heavy atom. The van der Waals surface area contributed by atoms with Crippen molar-refractivity contribution in [2.24, 2.45) is 0 Å². The minimum Gasteiger partial charge on any atom is -0.314 e. The van der Waals surface area contributed by atoms with Crippen molar-refractivity contribution in [1.82, 2.24) is 0 Å². The summed E-state index contributed by atoms with van der Waals surface area (Å²) in [6, 6.07) is 8.08. The fourth-order valence-electron chi connectivity index (χ4n) is 1.42. The molecule has 0 radical (unpaired) electrons. The second-order valence-electron chi connectivity index (χ2n) is 4.32. The first kappa shape index (κ1) is 12.1. The molecule has 0 heterocycles. The summed E-state index contributed by atoms with van der Waals surface area (Å²) in [4.78, 5) is 0.960. The molecule has 1 aromatic rings. The van der Waals surface area contributed by atoms with Crippen LogP contribution in [0.25, 0.3) is 0 Å². The molecule has 0 unspecified atom stereocenters. The smallest absolute Gasteiger partial charge is 0.0995 e. The highest BCUT2D eigenvalue weighted by molar-refractivity contribution is 7.94. The summed E-state index contributed by atoms with van der Waals surface area (Å²) in [7, 11) is 1.62. The van der Waals surface area contributed by atoms with Crippen LogP contribution in [0.3, 0.4) is 0 Å². The summed E-state index contributed by atoms with van der Waals surface area (Å²) in [6.45, 7) is 6.31. The van der Waals surface area contributed by atoms with Crippen LogP contribution in [0.4, 0.5) is 0 Å². The van der Waals surface area contributed by atoms with Crippen LogP contribution in [0.2, 0.25) is 0 Å². The van der Waals surface area contributed by atoms with Gasteiger partial charge in [0.25, 0.3) is 0 Å². The third-order valence-electron chi connectivity index (χ3n) is 2.10. The van der Waals surface area contributed by atoms with Crippen LogP contribution in [0.15, 0.2) is 23.1 Å². The summed E-state index contributed by atoms with van der Waals surface area (Å²) in [5.41, 5.74) is 1.80. The first-order chi connectivity index (χ1) is 6.99. The molecule has 0 aliphatic heterocycles. The van der Waals surface area contributed by atoms with Crippen LogP contribution >= 0.6 is 12.0 Å². The average Bonchev–Trinajstić information content (AvgIpc) is 2.16. The van der Waals surface area contributed by atoms with Crippen LogP contribution in [0.5, 0.6) is 0 Å². The number of nitrogens with zero attached hydrogens (tertiary/aromatic N) is 1. The van der Waals surface area contributed by atoms with E-state index in [-0.39, 0.29) is 5.41 Å². The van der Waals surface area contributed by atoms with Crippen molar-refractivity contribution in [3.8, 4) is 6.07 Å². The Kier molecular flexibility index (Phi) is 3.78. The molecule has 0 saturated heterocycles. The molecule has 0 saturated carbocycles. The first-order valence-electron chi connectivity index (χ1n) is 4.74. The van der Waals surface area contributed by atoms with E-state index in [1.165, 1.54) is 12.0 Å². The van der Waals surface area contributed by atoms with E-state index in [1.807, 2.05) is 18.2 Å². The maximum absolute atomic E-state index is 9.07. The van der Waals surface area contributed by atoms with Crippen LogP contribution in [-0.4, -0.2) is 7.11 Å². The predicted octanol–water partition coefficient (Wildman–Crippen LogP) is 3.51. The molecule has 1 rings (SSSR count). The zero-order chi connectivity index (χ0) is 11.5. The summed E-state index contributed by atoms with van der Waals surface area (Å²) < 4.78 is 4.96. The summed E-state index contributed by atoms with van der Waals surface area (Å²) in [6.07, 6.45) is 0. The van der Waals surface area contributed by atoms with Gasteiger partial charge in [-0.3, -0.25) is 0 Å². The Bertz CT molecular complexity index is 388. The van der Waals surface area contributed by atoms with Crippen molar-refractivity contribution in [3.05, 3.63) is 29.3 Å². The van der Waals surface area contributed by atoms with E-state index in [4.69, 9.17) is 9.44 Å². The fraction of sp³-hybridized carbons (Fsp3) is 0.417. The first-order valence-corrected chi connectivity index (χ1v) is 5.48. The van der Waals surface area contributed by atoms with Gasteiger partial charge in [0.05, 0.1) is 18.7 Å². The molecule has 1 aromatic carbocycles. The fourth-order valence-corrected chi connectivity index (χ4v) is 1.90. The lowest BCUT2D eigenvalue weighted by Crippen LogP contribution is -2.13. The van der Waals surface area contributed by atoms with Crippen LogP contribution in [0.1, 0.15) is 31.9 Å². The van der Waals surface area contributed by atoms with Crippen molar-refractivity contribution in [2.45, 2.75) is 31.1 Å². The summed E-state index contributed by atoms with van der Waals surface area (Å²) in [5, 5.41) is 9.07. The lowest BCUT2D eigenvalue weighted by Gasteiger charge is -2.20. The summed E-state index contributed by atoms with van der Waals surface area (Å²) in [5.74, 6) is 0. The number of nitriles is 1. The second kappa shape index (κ2) is 4.69. The number of hydrogen-bond donors (Lipinski definition) is 0. The van der Waals surface area contributed by atoms with Crippen LogP contribution in [-0.2, 0) is 9.60 Å².